The van der Waals surface area contributed by atoms with Crippen molar-refractivity contribution >= 4 is 11.8 Å². The van der Waals surface area contributed by atoms with Gasteiger partial charge in [0.1, 0.15) is 5.82 Å². The molecule has 0 unspecified atom stereocenters. The quantitative estimate of drug-likeness (QED) is 0.820. The van der Waals surface area contributed by atoms with Gasteiger partial charge in [-0.2, -0.15) is 0 Å². The topological polar surface area (TPSA) is 78.4 Å². The Labute approximate surface area is 106 Å². The van der Waals surface area contributed by atoms with Crippen LogP contribution in [0.2, 0.25) is 0 Å². The van der Waals surface area contributed by atoms with Crippen molar-refractivity contribution in [2.24, 2.45) is 0 Å². The van der Waals surface area contributed by atoms with Gasteiger partial charge in [-0.15, -0.1) is 0 Å². The molecule has 0 saturated carbocycles. The van der Waals surface area contributed by atoms with E-state index in [1.165, 1.54) is 0 Å². The molecule has 18 heavy (non-hydrogen) atoms. The molecule has 0 bridgehead atoms. The van der Waals surface area contributed by atoms with Crippen LogP contribution in [0.5, 0.6) is 0 Å². The lowest BCUT2D eigenvalue weighted by Crippen LogP contribution is -2.33. The number of nitrogens with one attached hydrogen (secondary N) is 1. The van der Waals surface area contributed by atoms with E-state index in [1.54, 1.807) is 0 Å². The Balaban J connectivity index is 2.54. The van der Waals surface area contributed by atoms with E-state index < -0.39 is 5.97 Å². The summed E-state index contributed by atoms with van der Waals surface area (Å²) in [6, 6.07) is 0.257. The highest BCUT2D eigenvalue weighted by Gasteiger charge is 2.22. The van der Waals surface area contributed by atoms with Crippen molar-refractivity contribution in [2.45, 2.75) is 32.9 Å². The molecule has 0 amide bonds. The SMILES string of the molecule is CC(C)N(C)c1nc(C(=O)O)nc2c1CNCC2. The number of carboxylic acid groups (broad SMARTS) is 1. The molecule has 0 aromatic carbocycles. The second kappa shape index (κ2) is 4.89. The van der Waals surface area contributed by atoms with Gasteiger partial charge in [-0.3, -0.25) is 0 Å². The highest BCUT2D eigenvalue weighted by molar-refractivity contribution is 5.84. The maximum atomic E-state index is 11.1. The first-order valence-corrected chi connectivity index (χ1v) is 6.07. The number of aromatic nitrogens is 2. The van der Waals surface area contributed by atoms with Crippen LogP contribution >= 0.6 is 0 Å². The van der Waals surface area contributed by atoms with Crippen LogP contribution in [0.25, 0.3) is 0 Å². The van der Waals surface area contributed by atoms with Crippen molar-refractivity contribution in [1.82, 2.24) is 15.3 Å². The van der Waals surface area contributed by atoms with Crippen LogP contribution in [0, 0.1) is 0 Å². The molecule has 1 aliphatic heterocycles. The third-order valence-corrected chi connectivity index (χ3v) is 3.21. The van der Waals surface area contributed by atoms with Crippen LogP contribution < -0.4 is 10.2 Å². The average molecular weight is 250 g/mol. The normalized spacial score (nSPS) is 14.4. The van der Waals surface area contributed by atoms with Gasteiger partial charge in [0.25, 0.3) is 0 Å². The minimum absolute atomic E-state index is 0.113. The number of hydrogen-bond donors (Lipinski definition) is 2. The van der Waals surface area contributed by atoms with Crippen LogP contribution in [-0.2, 0) is 13.0 Å². The van der Waals surface area contributed by atoms with E-state index in [-0.39, 0.29) is 11.9 Å². The van der Waals surface area contributed by atoms with Crippen molar-refractivity contribution < 1.29 is 9.90 Å². The number of rotatable bonds is 3. The van der Waals surface area contributed by atoms with Crippen LogP contribution in [0.3, 0.4) is 0 Å². The van der Waals surface area contributed by atoms with Crippen molar-refractivity contribution in [3.8, 4) is 0 Å². The molecule has 0 fully saturated rings. The Morgan fingerprint density at radius 2 is 2.17 bits per heavy atom. The number of hydrogen-bond acceptors (Lipinski definition) is 5. The summed E-state index contributed by atoms with van der Waals surface area (Å²) in [7, 11) is 1.92. The summed E-state index contributed by atoms with van der Waals surface area (Å²) < 4.78 is 0. The Hall–Kier alpha value is -1.69. The van der Waals surface area contributed by atoms with Gasteiger partial charge in [-0.05, 0) is 13.8 Å². The molecule has 2 N–H and O–H groups in total. The molecule has 98 valence electrons. The Morgan fingerprint density at radius 1 is 1.44 bits per heavy atom. The predicted molar refractivity (Wildman–Crippen MR) is 67.9 cm³/mol. The smallest absolute Gasteiger partial charge is 0.374 e. The van der Waals surface area contributed by atoms with Gasteiger partial charge in [0.2, 0.25) is 5.82 Å². The number of nitrogens with zero attached hydrogens (tertiary/aromatic N) is 3. The van der Waals surface area contributed by atoms with Crippen LogP contribution in [0.4, 0.5) is 5.82 Å². The lowest BCUT2D eigenvalue weighted by Gasteiger charge is -2.28. The molecule has 0 spiro atoms. The Kier molecular flexibility index (Phi) is 3.47. The molecule has 0 aliphatic carbocycles. The van der Waals surface area contributed by atoms with E-state index in [0.717, 1.165) is 30.0 Å². The van der Waals surface area contributed by atoms with Gasteiger partial charge in [-0.1, -0.05) is 0 Å². The summed E-state index contributed by atoms with van der Waals surface area (Å²) in [5.74, 6) is -0.465. The van der Waals surface area contributed by atoms with Crippen LogP contribution in [0.15, 0.2) is 0 Å². The van der Waals surface area contributed by atoms with Gasteiger partial charge in [0.15, 0.2) is 0 Å². The monoisotopic (exact) mass is 250 g/mol. The largest absolute Gasteiger partial charge is 0.475 e. The van der Waals surface area contributed by atoms with E-state index in [4.69, 9.17) is 5.11 Å². The number of fused-ring (bicyclic) bond motifs is 1. The lowest BCUT2D eigenvalue weighted by molar-refractivity contribution is 0.0683. The van der Waals surface area contributed by atoms with Crippen molar-refractivity contribution in [1.29, 1.82) is 0 Å². The molecule has 6 heteroatoms. The molecule has 1 aromatic heterocycles. The fourth-order valence-electron chi connectivity index (χ4n) is 1.96. The summed E-state index contributed by atoms with van der Waals surface area (Å²) >= 11 is 0. The fourth-order valence-corrected chi connectivity index (χ4v) is 1.96. The summed E-state index contributed by atoms with van der Waals surface area (Å²) in [6.45, 7) is 5.62. The molecule has 0 saturated heterocycles. The third kappa shape index (κ3) is 2.28. The first-order valence-electron chi connectivity index (χ1n) is 6.07. The third-order valence-electron chi connectivity index (χ3n) is 3.21. The van der Waals surface area contributed by atoms with E-state index in [0.29, 0.717) is 6.54 Å². The molecule has 1 aromatic rings. The zero-order valence-electron chi connectivity index (χ0n) is 10.9. The second-order valence-corrected chi connectivity index (χ2v) is 4.73. The van der Waals surface area contributed by atoms with Gasteiger partial charge < -0.3 is 15.3 Å². The van der Waals surface area contributed by atoms with Gasteiger partial charge in [0.05, 0.1) is 5.69 Å². The van der Waals surface area contributed by atoms with Crippen molar-refractivity contribution in [2.75, 3.05) is 18.5 Å². The number of carboxylic acids is 1. The number of aromatic carboxylic acids is 1. The maximum absolute atomic E-state index is 11.1. The van der Waals surface area contributed by atoms with Crippen molar-refractivity contribution in [3.63, 3.8) is 0 Å². The van der Waals surface area contributed by atoms with Crippen LogP contribution in [-0.4, -0.2) is 40.7 Å². The lowest BCUT2D eigenvalue weighted by atomic mass is 10.1. The van der Waals surface area contributed by atoms with Crippen LogP contribution in [0.1, 0.15) is 35.7 Å². The molecule has 0 radical (unpaired) electrons. The Bertz CT molecular complexity index is 473. The fraction of sp³-hybridized carbons (Fsp3) is 0.583. The summed E-state index contributed by atoms with van der Waals surface area (Å²) in [5, 5.41) is 12.3. The minimum atomic E-state index is -1.07. The number of anilines is 1. The molecular weight excluding hydrogens is 232 g/mol. The van der Waals surface area contributed by atoms with Crippen molar-refractivity contribution in [3.05, 3.63) is 17.1 Å². The molecule has 2 rings (SSSR count). The van der Waals surface area contributed by atoms with Gasteiger partial charge in [0, 0.05) is 38.2 Å². The molecule has 0 atom stereocenters. The average Bonchev–Trinajstić information content (AvgIpc) is 2.36. The molecule has 1 aliphatic rings. The molecule has 2 heterocycles. The minimum Gasteiger partial charge on any atom is -0.475 e. The zero-order chi connectivity index (χ0) is 13.3. The number of carbonyl (C=O) groups is 1. The summed E-state index contributed by atoms with van der Waals surface area (Å²) in [4.78, 5) is 21.4. The standard InChI is InChI=1S/C12H18N4O2/c1-7(2)16(3)11-8-6-13-5-4-9(8)14-10(15-11)12(17)18/h7,13H,4-6H2,1-3H3,(H,17,18). The maximum Gasteiger partial charge on any atom is 0.374 e. The van der Waals surface area contributed by atoms with E-state index >= 15 is 0 Å². The highest BCUT2D eigenvalue weighted by atomic mass is 16.4. The summed E-state index contributed by atoms with van der Waals surface area (Å²) in [6.07, 6.45) is 0.747. The Morgan fingerprint density at radius 3 is 2.78 bits per heavy atom. The van der Waals surface area contributed by atoms with E-state index in [1.807, 2.05) is 25.8 Å². The second-order valence-electron chi connectivity index (χ2n) is 4.73. The molecular formula is C12H18N4O2. The highest BCUT2D eigenvalue weighted by Crippen LogP contribution is 2.24. The zero-order valence-corrected chi connectivity index (χ0v) is 10.9. The molecule has 6 nitrogen and oxygen atoms in total. The summed E-state index contributed by atoms with van der Waals surface area (Å²) in [5.41, 5.74) is 1.87. The van der Waals surface area contributed by atoms with E-state index in [2.05, 4.69) is 15.3 Å². The van der Waals surface area contributed by atoms with Gasteiger partial charge >= 0.3 is 5.97 Å². The first-order chi connectivity index (χ1) is 8.50. The first kappa shape index (κ1) is 12.8. The van der Waals surface area contributed by atoms with Gasteiger partial charge in [-0.25, -0.2) is 14.8 Å². The predicted octanol–water partition coefficient (Wildman–Crippen LogP) is 0.665. The van der Waals surface area contributed by atoms with E-state index in [9.17, 15) is 4.79 Å².